The Morgan fingerprint density at radius 3 is 2.58 bits per heavy atom. The summed E-state index contributed by atoms with van der Waals surface area (Å²) >= 11 is 1.38. The van der Waals surface area contributed by atoms with Crippen LogP contribution < -0.4 is 10.1 Å². The highest BCUT2D eigenvalue weighted by Gasteiger charge is 2.11. The van der Waals surface area contributed by atoms with Crippen LogP contribution >= 0.6 is 11.3 Å². The van der Waals surface area contributed by atoms with E-state index in [-0.39, 0.29) is 5.82 Å². The summed E-state index contributed by atoms with van der Waals surface area (Å²) in [5, 5.41) is 5.60. The molecule has 0 bridgehead atoms. The van der Waals surface area contributed by atoms with Crippen molar-refractivity contribution in [1.82, 2.24) is 10.3 Å². The number of halogens is 4. The van der Waals surface area contributed by atoms with Gasteiger partial charge < -0.3 is 10.1 Å². The molecule has 3 rings (SSSR count). The molecule has 0 amide bonds. The largest absolute Gasteiger partial charge is 0.432 e. The van der Waals surface area contributed by atoms with E-state index in [0.717, 1.165) is 17.1 Å². The Kier molecular flexibility index (Phi) is 5.85. The Balaban J connectivity index is 1.57. The number of aromatic nitrogens is 1. The number of benzene rings is 2. The van der Waals surface area contributed by atoms with Gasteiger partial charge >= 0.3 is 6.61 Å². The van der Waals surface area contributed by atoms with Crippen molar-refractivity contribution in [2.24, 2.45) is 0 Å². The second kappa shape index (κ2) is 8.29. The first-order chi connectivity index (χ1) is 12.5. The molecule has 0 radical (unpaired) electrons. The zero-order chi connectivity index (χ0) is 18.5. The molecule has 0 saturated heterocycles. The SMILES string of the molecule is Fc1cc(CNCc2nc(-c3ccccc3F)cs2)ccc1OC(F)F. The summed E-state index contributed by atoms with van der Waals surface area (Å²) in [5.74, 6) is -1.67. The molecule has 0 unspecified atom stereocenters. The molecule has 0 atom stereocenters. The Bertz CT molecular complexity index is 885. The number of rotatable bonds is 7. The molecule has 1 aromatic heterocycles. The van der Waals surface area contributed by atoms with Gasteiger partial charge in [-0.25, -0.2) is 13.8 Å². The highest BCUT2D eigenvalue weighted by atomic mass is 32.1. The Morgan fingerprint density at radius 1 is 1.04 bits per heavy atom. The highest BCUT2D eigenvalue weighted by Crippen LogP contribution is 2.24. The molecule has 0 saturated carbocycles. The second-order valence-electron chi connectivity index (χ2n) is 5.35. The summed E-state index contributed by atoms with van der Waals surface area (Å²) < 4.78 is 55.7. The maximum Gasteiger partial charge on any atom is 0.387 e. The second-order valence-corrected chi connectivity index (χ2v) is 6.30. The molecule has 136 valence electrons. The first kappa shape index (κ1) is 18.3. The average molecular weight is 382 g/mol. The third kappa shape index (κ3) is 4.59. The minimum Gasteiger partial charge on any atom is -0.432 e. The lowest BCUT2D eigenvalue weighted by Crippen LogP contribution is -2.13. The lowest BCUT2D eigenvalue weighted by molar-refractivity contribution is -0.0522. The van der Waals surface area contributed by atoms with Crippen molar-refractivity contribution in [3.63, 3.8) is 0 Å². The molecule has 26 heavy (non-hydrogen) atoms. The molecule has 1 heterocycles. The van der Waals surface area contributed by atoms with Crippen molar-refractivity contribution in [1.29, 1.82) is 0 Å². The molecule has 8 heteroatoms. The predicted octanol–water partition coefficient (Wildman–Crippen LogP) is 4.98. The van der Waals surface area contributed by atoms with Gasteiger partial charge in [0.2, 0.25) is 0 Å². The van der Waals surface area contributed by atoms with Crippen LogP contribution in [0.3, 0.4) is 0 Å². The van der Waals surface area contributed by atoms with Crippen LogP contribution in [-0.4, -0.2) is 11.6 Å². The number of thiazole rings is 1. The Morgan fingerprint density at radius 2 is 1.85 bits per heavy atom. The van der Waals surface area contributed by atoms with Gasteiger partial charge in [0, 0.05) is 24.0 Å². The summed E-state index contributed by atoms with van der Waals surface area (Å²) in [7, 11) is 0. The van der Waals surface area contributed by atoms with E-state index in [1.165, 1.54) is 23.5 Å². The van der Waals surface area contributed by atoms with E-state index in [1.54, 1.807) is 23.6 Å². The van der Waals surface area contributed by atoms with Crippen molar-refractivity contribution in [3.05, 3.63) is 70.1 Å². The minimum absolute atomic E-state index is 0.320. The van der Waals surface area contributed by atoms with Gasteiger partial charge in [-0.1, -0.05) is 18.2 Å². The van der Waals surface area contributed by atoms with Crippen LogP contribution in [0.2, 0.25) is 0 Å². The molecule has 2 aromatic carbocycles. The topological polar surface area (TPSA) is 34.2 Å². The minimum atomic E-state index is -3.07. The zero-order valence-corrected chi connectivity index (χ0v) is 14.2. The van der Waals surface area contributed by atoms with Crippen molar-refractivity contribution < 1.29 is 22.3 Å². The van der Waals surface area contributed by atoms with Gasteiger partial charge in [0.15, 0.2) is 11.6 Å². The molecular formula is C18H14F4N2OS. The van der Waals surface area contributed by atoms with Crippen molar-refractivity contribution in [2.45, 2.75) is 19.7 Å². The first-order valence-corrected chi connectivity index (χ1v) is 8.54. The van der Waals surface area contributed by atoms with Gasteiger partial charge in [-0.05, 0) is 29.8 Å². The zero-order valence-electron chi connectivity index (χ0n) is 13.4. The Hall–Kier alpha value is -2.45. The summed E-state index contributed by atoms with van der Waals surface area (Å²) in [4.78, 5) is 4.38. The highest BCUT2D eigenvalue weighted by molar-refractivity contribution is 7.09. The number of nitrogens with zero attached hydrogens (tertiary/aromatic N) is 1. The van der Waals surface area contributed by atoms with E-state index < -0.39 is 18.2 Å². The molecular weight excluding hydrogens is 368 g/mol. The van der Waals surface area contributed by atoms with Crippen molar-refractivity contribution in [2.75, 3.05) is 0 Å². The number of hydrogen-bond donors (Lipinski definition) is 1. The molecule has 3 nitrogen and oxygen atoms in total. The molecule has 0 spiro atoms. The number of alkyl halides is 2. The van der Waals surface area contributed by atoms with Crippen LogP contribution in [0.1, 0.15) is 10.6 Å². The monoisotopic (exact) mass is 382 g/mol. The van der Waals surface area contributed by atoms with Crippen molar-refractivity contribution in [3.8, 4) is 17.0 Å². The first-order valence-electron chi connectivity index (χ1n) is 7.66. The number of hydrogen-bond acceptors (Lipinski definition) is 4. The van der Waals surface area contributed by atoms with E-state index >= 15 is 0 Å². The van der Waals surface area contributed by atoms with Crippen LogP contribution in [0.25, 0.3) is 11.3 Å². The smallest absolute Gasteiger partial charge is 0.387 e. The lowest BCUT2D eigenvalue weighted by atomic mass is 10.2. The summed E-state index contributed by atoms with van der Waals surface area (Å²) in [5.41, 5.74) is 1.58. The van der Waals surface area contributed by atoms with Crippen LogP contribution in [0, 0.1) is 11.6 Å². The maximum absolute atomic E-state index is 13.8. The number of ether oxygens (including phenoxy) is 1. The molecule has 3 aromatic rings. The maximum atomic E-state index is 13.8. The number of nitrogens with one attached hydrogen (secondary N) is 1. The molecule has 0 aliphatic heterocycles. The van der Waals surface area contributed by atoms with Gasteiger partial charge in [0.1, 0.15) is 10.8 Å². The summed E-state index contributed by atoms with van der Waals surface area (Å²) in [6, 6.07) is 10.2. The van der Waals surface area contributed by atoms with Crippen LogP contribution in [0.4, 0.5) is 17.6 Å². The van der Waals surface area contributed by atoms with Gasteiger partial charge in [-0.15, -0.1) is 11.3 Å². The average Bonchev–Trinajstić information content (AvgIpc) is 3.06. The van der Waals surface area contributed by atoms with Crippen LogP contribution in [-0.2, 0) is 13.1 Å². The van der Waals surface area contributed by atoms with Crippen molar-refractivity contribution >= 4 is 11.3 Å². The molecule has 0 fully saturated rings. The standard InChI is InChI=1S/C18H14F4N2OS/c19-13-4-2-1-3-12(13)15-10-26-17(24-15)9-23-8-11-5-6-16(14(20)7-11)25-18(21)22/h1-7,10,18,23H,8-9H2. The van der Waals surface area contributed by atoms with Crippen LogP contribution in [0.5, 0.6) is 5.75 Å². The van der Waals surface area contributed by atoms with E-state index in [1.807, 2.05) is 0 Å². The quantitative estimate of drug-likeness (QED) is 0.585. The fourth-order valence-electron chi connectivity index (χ4n) is 2.34. The molecule has 1 N–H and O–H groups in total. The molecule has 0 aliphatic carbocycles. The van der Waals surface area contributed by atoms with E-state index in [9.17, 15) is 17.6 Å². The fourth-order valence-corrected chi connectivity index (χ4v) is 3.11. The molecule has 0 aliphatic rings. The fraction of sp³-hybridized carbons (Fsp3) is 0.167. The van der Waals surface area contributed by atoms with Crippen LogP contribution in [0.15, 0.2) is 47.8 Å². The van der Waals surface area contributed by atoms with Gasteiger partial charge in [-0.2, -0.15) is 8.78 Å². The van der Waals surface area contributed by atoms with Gasteiger partial charge in [0.05, 0.1) is 5.69 Å². The van der Waals surface area contributed by atoms with E-state index in [4.69, 9.17) is 0 Å². The van der Waals surface area contributed by atoms with Gasteiger partial charge in [0.25, 0.3) is 0 Å². The third-order valence-electron chi connectivity index (χ3n) is 3.52. The van der Waals surface area contributed by atoms with E-state index in [2.05, 4.69) is 15.0 Å². The lowest BCUT2D eigenvalue weighted by Gasteiger charge is -2.08. The summed E-state index contributed by atoms with van der Waals surface area (Å²) in [6.45, 7) is -2.33. The normalized spacial score (nSPS) is 11.1. The Labute approximate surface area is 151 Å². The van der Waals surface area contributed by atoms with Gasteiger partial charge in [-0.3, -0.25) is 0 Å². The third-order valence-corrected chi connectivity index (χ3v) is 4.37. The summed E-state index contributed by atoms with van der Waals surface area (Å²) in [6.07, 6.45) is 0. The van der Waals surface area contributed by atoms with E-state index in [0.29, 0.717) is 29.9 Å². The predicted molar refractivity (Wildman–Crippen MR) is 91.1 cm³/mol.